The van der Waals surface area contributed by atoms with E-state index in [0.717, 1.165) is 17.7 Å². The quantitative estimate of drug-likeness (QED) is 0.685. The molecule has 63 valence electrons. The maximum Gasteiger partial charge on any atom is 0.0526 e. The first kappa shape index (κ1) is 7.92. The zero-order chi connectivity index (χ0) is 8.93. The zero-order valence-corrected chi connectivity index (χ0v) is 7.14. The van der Waals surface area contributed by atoms with Crippen LogP contribution in [0.4, 0.5) is 0 Å². The molecule has 2 nitrogen and oxygen atoms in total. The minimum absolute atomic E-state index is 0.800. The Labute approximate surface area is 77.3 Å². The fraction of sp³-hybridized carbons (Fsp3) is 0.0909. The average molecular weight is 169 g/mol. The van der Waals surface area contributed by atoms with Gasteiger partial charge < -0.3 is 0 Å². The van der Waals surface area contributed by atoms with Gasteiger partial charge in [-0.1, -0.05) is 12.1 Å². The summed E-state index contributed by atoms with van der Waals surface area (Å²) < 4.78 is 0. The standard InChI is InChI=1S/C11H9N2/c1-2-7-13-11(5-1)8-10-4-3-6-12-9-10/h1-4,6-7,9H,8H2. The summed E-state index contributed by atoms with van der Waals surface area (Å²) in [6.07, 6.45) is 6.20. The second-order valence-electron chi connectivity index (χ2n) is 2.77. The molecular formula is C11H9N2. The summed E-state index contributed by atoms with van der Waals surface area (Å²) in [6.45, 7) is 0. The molecule has 0 N–H and O–H groups in total. The first-order valence-electron chi connectivity index (χ1n) is 4.15. The van der Waals surface area contributed by atoms with Crippen LogP contribution in [0.25, 0.3) is 0 Å². The Morgan fingerprint density at radius 1 is 1.23 bits per heavy atom. The van der Waals surface area contributed by atoms with Crippen LogP contribution >= 0.6 is 0 Å². The van der Waals surface area contributed by atoms with Crippen LogP contribution in [0.15, 0.2) is 42.9 Å². The highest BCUT2D eigenvalue weighted by Gasteiger charge is 1.95. The van der Waals surface area contributed by atoms with Crippen molar-refractivity contribution < 1.29 is 0 Å². The normalized spacial score (nSPS) is 9.85. The molecule has 0 saturated carbocycles. The summed E-state index contributed by atoms with van der Waals surface area (Å²) in [7, 11) is 0. The second kappa shape index (κ2) is 3.81. The highest BCUT2D eigenvalue weighted by atomic mass is 14.7. The molecule has 2 rings (SSSR count). The van der Waals surface area contributed by atoms with E-state index >= 15 is 0 Å². The zero-order valence-electron chi connectivity index (χ0n) is 7.14. The fourth-order valence-corrected chi connectivity index (χ4v) is 1.15. The van der Waals surface area contributed by atoms with Crippen molar-refractivity contribution in [1.82, 2.24) is 9.97 Å². The van der Waals surface area contributed by atoms with E-state index in [-0.39, 0.29) is 0 Å². The molecule has 0 saturated heterocycles. The molecule has 0 aliphatic rings. The lowest BCUT2D eigenvalue weighted by Gasteiger charge is -1.98. The van der Waals surface area contributed by atoms with Crippen molar-refractivity contribution in [3.63, 3.8) is 0 Å². The summed E-state index contributed by atoms with van der Waals surface area (Å²) in [5.41, 5.74) is 2.12. The van der Waals surface area contributed by atoms with Crippen molar-refractivity contribution in [2.45, 2.75) is 6.42 Å². The SMILES string of the molecule is [c]1cccnc1Cc1cccnc1. The Kier molecular flexibility index (Phi) is 2.32. The third-order valence-corrected chi connectivity index (χ3v) is 1.76. The van der Waals surface area contributed by atoms with Crippen molar-refractivity contribution in [3.8, 4) is 0 Å². The van der Waals surface area contributed by atoms with Crippen molar-refractivity contribution >= 4 is 0 Å². The van der Waals surface area contributed by atoms with E-state index in [1.54, 1.807) is 12.4 Å². The third kappa shape index (κ3) is 2.12. The first-order chi connectivity index (χ1) is 6.45. The molecule has 0 aromatic carbocycles. The van der Waals surface area contributed by atoms with Gasteiger partial charge in [0.1, 0.15) is 0 Å². The molecule has 13 heavy (non-hydrogen) atoms. The predicted octanol–water partition coefficient (Wildman–Crippen LogP) is 1.87. The lowest BCUT2D eigenvalue weighted by Crippen LogP contribution is -1.91. The monoisotopic (exact) mass is 169 g/mol. The number of rotatable bonds is 2. The Morgan fingerprint density at radius 2 is 2.23 bits per heavy atom. The number of pyridine rings is 2. The van der Waals surface area contributed by atoms with E-state index in [4.69, 9.17) is 0 Å². The molecule has 0 aliphatic heterocycles. The van der Waals surface area contributed by atoms with Gasteiger partial charge in [0.25, 0.3) is 0 Å². The van der Waals surface area contributed by atoms with E-state index < -0.39 is 0 Å². The minimum atomic E-state index is 0.800. The summed E-state index contributed by atoms with van der Waals surface area (Å²) in [4.78, 5) is 8.23. The van der Waals surface area contributed by atoms with Crippen LogP contribution in [0.3, 0.4) is 0 Å². The van der Waals surface area contributed by atoms with Crippen molar-refractivity contribution in [2.75, 3.05) is 0 Å². The van der Waals surface area contributed by atoms with Gasteiger partial charge >= 0.3 is 0 Å². The number of hydrogen-bond donors (Lipinski definition) is 0. The highest BCUT2D eigenvalue weighted by Crippen LogP contribution is 2.03. The Hall–Kier alpha value is -1.70. The fourth-order valence-electron chi connectivity index (χ4n) is 1.15. The van der Waals surface area contributed by atoms with E-state index in [1.807, 2.05) is 30.5 Å². The van der Waals surface area contributed by atoms with Crippen LogP contribution < -0.4 is 0 Å². The minimum Gasteiger partial charge on any atom is -0.264 e. The maximum atomic E-state index is 4.19. The molecule has 0 amide bonds. The Morgan fingerprint density at radius 3 is 2.92 bits per heavy atom. The van der Waals surface area contributed by atoms with Crippen LogP contribution in [-0.2, 0) is 6.42 Å². The Bertz CT molecular complexity index is 319. The lowest BCUT2D eigenvalue weighted by molar-refractivity contribution is 1.05. The van der Waals surface area contributed by atoms with Gasteiger partial charge in [0.15, 0.2) is 0 Å². The van der Waals surface area contributed by atoms with Gasteiger partial charge in [0.05, 0.1) is 5.69 Å². The molecule has 0 fully saturated rings. The third-order valence-electron chi connectivity index (χ3n) is 1.76. The smallest absolute Gasteiger partial charge is 0.0526 e. The molecule has 2 heteroatoms. The largest absolute Gasteiger partial charge is 0.264 e. The molecule has 0 bridgehead atoms. The van der Waals surface area contributed by atoms with E-state index in [9.17, 15) is 0 Å². The van der Waals surface area contributed by atoms with Crippen LogP contribution in [-0.4, -0.2) is 9.97 Å². The maximum absolute atomic E-state index is 4.19. The van der Waals surface area contributed by atoms with Gasteiger partial charge in [-0.05, 0) is 17.7 Å². The first-order valence-corrected chi connectivity index (χ1v) is 4.15. The van der Waals surface area contributed by atoms with Gasteiger partial charge in [-0.2, -0.15) is 0 Å². The molecule has 0 aliphatic carbocycles. The lowest BCUT2D eigenvalue weighted by atomic mass is 10.1. The van der Waals surface area contributed by atoms with Gasteiger partial charge in [-0.3, -0.25) is 9.97 Å². The van der Waals surface area contributed by atoms with E-state index in [0.29, 0.717) is 0 Å². The van der Waals surface area contributed by atoms with Gasteiger partial charge in [-0.25, -0.2) is 0 Å². The number of aromatic nitrogens is 2. The van der Waals surface area contributed by atoms with E-state index in [1.165, 1.54) is 0 Å². The average Bonchev–Trinajstić information content (AvgIpc) is 2.21. The van der Waals surface area contributed by atoms with Gasteiger partial charge in [-0.15, -0.1) is 0 Å². The summed E-state index contributed by atoms with van der Waals surface area (Å²) in [5.74, 6) is 0. The molecular weight excluding hydrogens is 160 g/mol. The van der Waals surface area contributed by atoms with Crippen LogP contribution in [0.1, 0.15) is 11.3 Å². The topological polar surface area (TPSA) is 25.8 Å². The number of hydrogen-bond acceptors (Lipinski definition) is 2. The summed E-state index contributed by atoms with van der Waals surface area (Å²) in [6, 6.07) is 10.8. The molecule has 0 spiro atoms. The van der Waals surface area contributed by atoms with E-state index in [2.05, 4.69) is 16.0 Å². The van der Waals surface area contributed by atoms with Gasteiger partial charge in [0.2, 0.25) is 0 Å². The summed E-state index contributed by atoms with van der Waals surface area (Å²) in [5, 5.41) is 0. The second-order valence-corrected chi connectivity index (χ2v) is 2.77. The van der Waals surface area contributed by atoms with Crippen LogP contribution in [0.2, 0.25) is 0 Å². The van der Waals surface area contributed by atoms with Gasteiger partial charge in [0, 0.05) is 31.1 Å². The molecule has 0 unspecified atom stereocenters. The van der Waals surface area contributed by atoms with Crippen LogP contribution in [0, 0.1) is 6.07 Å². The van der Waals surface area contributed by atoms with Crippen LogP contribution in [0.5, 0.6) is 0 Å². The van der Waals surface area contributed by atoms with Crippen molar-refractivity contribution in [2.24, 2.45) is 0 Å². The molecule has 0 atom stereocenters. The molecule has 2 aromatic rings. The number of nitrogens with zero attached hydrogens (tertiary/aromatic N) is 2. The summed E-state index contributed by atoms with van der Waals surface area (Å²) >= 11 is 0. The molecule has 2 aromatic heterocycles. The predicted molar refractivity (Wildman–Crippen MR) is 50.1 cm³/mol. The van der Waals surface area contributed by atoms with Crippen molar-refractivity contribution in [3.05, 3.63) is 60.2 Å². The van der Waals surface area contributed by atoms with Crippen molar-refractivity contribution in [1.29, 1.82) is 0 Å². The molecule has 1 radical (unpaired) electrons. The Balaban J connectivity index is 2.16. The highest BCUT2D eigenvalue weighted by molar-refractivity contribution is 5.17. The molecule has 2 heterocycles.